The minimum absolute atomic E-state index is 0.0840. The Balaban J connectivity index is 1.65. The molecule has 2 aromatic heterocycles. The van der Waals surface area contributed by atoms with Crippen molar-refractivity contribution in [1.82, 2.24) is 19.7 Å². The maximum atomic E-state index is 11.4. The second-order valence-corrected chi connectivity index (χ2v) is 5.60. The van der Waals surface area contributed by atoms with Crippen molar-refractivity contribution in [2.45, 2.75) is 38.5 Å². The molecule has 3 atom stereocenters. The van der Waals surface area contributed by atoms with Crippen LogP contribution in [0.2, 0.25) is 0 Å². The minimum atomic E-state index is -0.438. The molecule has 1 aliphatic carbocycles. The highest BCUT2D eigenvalue weighted by molar-refractivity contribution is 5.35. The lowest BCUT2D eigenvalue weighted by Crippen LogP contribution is -2.29. The van der Waals surface area contributed by atoms with Crippen molar-refractivity contribution >= 4 is 5.82 Å². The van der Waals surface area contributed by atoms with E-state index in [9.17, 15) is 9.90 Å². The summed E-state index contributed by atoms with van der Waals surface area (Å²) in [7, 11) is 0. The van der Waals surface area contributed by atoms with Crippen LogP contribution in [0.3, 0.4) is 0 Å². The first-order chi connectivity index (χ1) is 10.1. The summed E-state index contributed by atoms with van der Waals surface area (Å²) in [6.07, 6.45) is 4.79. The molecule has 0 saturated heterocycles. The van der Waals surface area contributed by atoms with E-state index >= 15 is 0 Å². The molecular formula is C14H19N5O2. The summed E-state index contributed by atoms with van der Waals surface area (Å²) in [6, 6.07) is 3.23. The number of aliphatic hydroxyl groups excluding tert-OH is 1. The number of anilines is 1. The molecule has 7 heteroatoms. The maximum absolute atomic E-state index is 11.4. The Morgan fingerprint density at radius 2 is 2.38 bits per heavy atom. The molecule has 3 N–H and O–H groups in total. The lowest BCUT2D eigenvalue weighted by Gasteiger charge is -2.17. The Hall–Kier alpha value is -2.15. The Kier molecular flexibility index (Phi) is 3.74. The highest BCUT2D eigenvalue weighted by atomic mass is 16.3. The number of aromatic nitrogens is 4. The number of hydrogen-bond acceptors (Lipinski definition) is 5. The number of aryl methyl sites for hydroxylation is 1. The van der Waals surface area contributed by atoms with Gasteiger partial charge in [-0.3, -0.25) is 9.48 Å². The molecular weight excluding hydrogens is 270 g/mol. The molecule has 21 heavy (non-hydrogen) atoms. The van der Waals surface area contributed by atoms with E-state index in [1.54, 1.807) is 13.1 Å². The van der Waals surface area contributed by atoms with Gasteiger partial charge >= 0.3 is 0 Å². The van der Waals surface area contributed by atoms with Crippen LogP contribution in [-0.4, -0.2) is 37.0 Å². The third kappa shape index (κ3) is 3.30. The van der Waals surface area contributed by atoms with Gasteiger partial charge in [-0.15, -0.1) is 0 Å². The molecule has 1 saturated carbocycles. The van der Waals surface area contributed by atoms with Gasteiger partial charge in [0.05, 0.1) is 12.1 Å². The van der Waals surface area contributed by atoms with E-state index in [1.165, 1.54) is 6.07 Å². The molecule has 0 spiro atoms. The molecule has 3 rings (SSSR count). The van der Waals surface area contributed by atoms with Gasteiger partial charge in [-0.25, -0.2) is 4.98 Å². The summed E-state index contributed by atoms with van der Waals surface area (Å²) < 4.78 is 1.88. The van der Waals surface area contributed by atoms with Gasteiger partial charge in [0.2, 0.25) is 0 Å². The zero-order valence-corrected chi connectivity index (χ0v) is 11.9. The van der Waals surface area contributed by atoms with Crippen molar-refractivity contribution < 1.29 is 5.11 Å². The quantitative estimate of drug-likeness (QED) is 0.763. The third-order valence-corrected chi connectivity index (χ3v) is 3.82. The predicted octanol–water partition coefficient (Wildman–Crippen LogP) is 0.526. The van der Waals surface area contributed by atoms with Crippen molar-refractivity contribution in [2.75, 3.05) is 5.32 Å². The molecule has 0 bridgehead atoms. The average molecular weight is 289 g/mol. The van der Waals surface area contributed by atoms with Crippen molar-refractivity contribution in [3.05, 3.63) is 40.7 Å². The van der Waals surface area contributed by atoms with Gasteiger partial charge in [-0.2, -0.15) is 5.10 Å². The first kappa shape index (κ1) is 13.8. The summed E-state index contributed by atoms with van der Waals surface area (Å²) in [6.45, 7) is 2.53. The Labute approximate surface area is 122 Å². The van der Waals surface area contributed by atoms with E-state index in [4.69, 9.17) is 0 Å². The van der Waals surface area contributed by atoms with Crippen LogP contribution < -0.4 is 10.9 Å². The van der Waals surface area contributed by atoms with E-state index in [2.05, 4.69) is 20.4 Å². The second kappa shape index (κ2) is 5.69. The van der Waals surface area contributed by atoms with Crippen LogP contribution in [0, 0.1) is 12.8 Å². The Bertz CT molecular complexity index is 652. The number of rotatable bonds is 4. The van der Waals surface area contributed by atoms with Crippen molar-refractivity contribution in [3.63, 3.8) is 0 Å². The highest BCUT2D eigenvalue weighted by Crippen LogP contribution is 2.29. The molecule has 0 aliphatic heterocycles. The Morgan fingerprint density at radius 1 is 1.52 bits per heavy atom. The lowest BCUT2D eigenvalue weighted by atomic mass is 10.1. The topological polar surface area (TPSA) is 95.8 Å². The van der Waals surface area contributed by atoms with Gasteiger partial charge in [-0.05, 0) is 31.7 Å². The number of hydrogen-bond donors (Lipinski definition) is 3. The minimum Gasteiger partial charge on any atom is -0.391 e. The van der Waals surface area contributed by atoms with Gasteiger partial charge in [0.15, 0.2) is 0 Å². The van der Waals surface area contributed by atoms with Crippen LogP contribution in [0.1, 0.15) is 18.7 Å². The zero-order valence-electron chi connectivity index (χ0n) is 11.9. The normalized spacial score (nSPS) is 25.1. The van der Waals surface area contributed by atoms with Crippen LogP contribution in [0.25, 0.3) is 0 Å². The molecule has 2 aromatic rings. The van der Waals surface area contributed by atoms with Gasteiger partial charge in [0.25, 0.3) is 5.56 Å². The summed E-state index contributed by atoms with van der Waals surface area (Å²) in [5.41, 5.74) is -0.189. The van der Waals surface area contributed by atoms with E-state index < -0.39 is 6.10 Å². The largest absolute Gasteiger partial charge is 0.391 e. The van der Waals surface area contributed by atoms with E-state index in [1.807, 2.05) is 16.9 Å². The van der Waals surface area contributed by atoms with Crippen LogP contribution in [-0.2, 0) is 6.54 Å². The van der Waals surface area contributed by atoms with Gasteiger partial charge in [0, 0.05) is 25.0 Å². The van der Waals surface area contributed by atoms with Gasteiger partial charge in [0.1, 0.15) is 11.6 Å². The summed E-state index contributed by atoms with van der Waals surface area (Å²) in [5.74, 6) is 1.44. The van der Waals surface area contributed by atoms with Crippen LogP contribution in [0.15, 0.2) is 29.3 Å². The fourth-order valence-corrected chi connectivity index (χ4v) is 2.94. The monoisotopic (exact) mass is 289 g/mol. The molecule has 1 unspecified atom stereocenters. The van der Waals surface area contributed by atoms with E-state index in [0.717, 1.165) is 19.4 Å². The van der Waals surface area contributed by atoms with Crippen LogP contribution >= 0.6 is 0 Å². The maximum Gasteiger partial charge on any atom is 0.252 e. The standard InChI is InChI=1S/C14H19N5O2/c1-9-16-13(7-14(21)17-9)18-11-5-10(6-12(11)20)8-19-4-2-3-15-19/h2-4,7,10-12,20H,5-6,8H2,1H3,(H2,16,17,18,21)/t10?,11-,12-/m1/s1. The number of aliphatic hydroxyl groups is 1. The van der Waals surface area contributed by atoms with Crippen molar-refractivity contribution in [1.29, 1.82) is 0 Å². The fraction of sp³-hybridized carbons (Fsp3) is 0.500. The smallest absolute Gasteiger partial charge is 0.252 e. The summed E-state index contributed by atoms with van der Waals surface area (Å²) in [5, 5.41) is 17.5. The molecule has 0 amide bonds. The lowest BCUT2D eigenvalue weighted by molar-refractivity contribution is 0.166. The molecule has 0 radical (unpaired) electrons. The molecule has 1 aliphatic rings. The van der Waals surface area contributed by atoms with Crippen molar-refractivity contribution in [3.8, 4) is 0 Å². The SMILES string of the molecule is Cc1nc(N[C@@H]2CC(Cn3cccn3)C[C@H]2O)cc(=O)[nH]1. The van der Waals surface area contributed by atoms with E-state index in [0.29, 0.717) is 17.6 Å². The number of aromatic amines is 1. The van der Waals surface area contributed by atoms with Gasteiger partial charge in [-0.1, -0.05) is 0 Å². The second-order valence-electron chi connectivity index (χ2n) is 5.60. The first-order valence-electron chi connectivity index (χ1n) is 7.10. The Morgan fingerprint density at radius 3 is 3.10 bits per heavy atom. The number of nitrogens with one attached hydrogen (secondary N) is 2. The molecule has 112 valence electrons. The summed E-state index contributed by atoms with van der Waals surface area (Å²) >= 11 is 0. The van der Waals surface area contributed by atoms with Gasteiger partial charge < -0.3 is 15.4 Å². The highest BCUT2D eigenvalue weighted by Gasteiger charge is 2.33. The molecule has 0 aromatic carbocycles. The van der Waals surface area contributed by atoms with Crippen LogP contribution in [0.4, 0.5) is 5.82 Å². The summed E-state index contributed by atoms with van der Waals surface area (Å²) in [4.78, 5) is 18.3. The predicted molar refractivity (Wildman–Crippen MR) is 78.0 cm³/mol. The molecule has 2 heterocycles. The fourth-order valence-electron chi connectivity index (χ4n) is 2.94. The zero-order chi connectivity index (χ0) is 14.8. The molecule has 1 fully saturated rings. The van der Waals surface area contributed by atoms with Crippen LogP contribution in [0.5, 0.6) is 0 Å². The average Bonchev–Trinajstić information content (AvgIpc) is 3.00. The molecule has 7 nitrogen and oxygen atoms in total. The van der Waals surface area contributed by atoms with Crippen molar-refractivity contribution in [2.24, 2.45) is 5.92 Å². The first-order valence-corrected chi connectivity index (χ1v) is 7.10. The van der Waals surface area contributed by atoms with E-state index in [-0.39, 0.29) is 11.6 Å². The third-order valence-electron chi connectivity index (χ3n) is 3.82. The number of H-pyrrole nitrogens is 1. The number of nitrogens with zero attached hydrogens (tertiary/aromatic N) is 3.